The summed E-state index contributed by atoms with van der Waals surface area (Å²) < 4.78 is 0. The average Bonchev–Trinajstić information content (AvgIpc) is 3.09. The molecule has 24 heavy (non-hydrogen) atoms. The molecule has 3 heterocycles. The Kier molecular flexibility index (Phi) is 5.93. The molecule has 0 aromatic carbocycles. The van der Waals surface area contributed by atoms with Crippen LogP contribution < -0.4 is 5.32 Å². The zero-order valence-electron chi connectivity index (χ0n) is 14.1. The van der Waals surface area contributed by atoms with Crippen molar-refractivity contribution in [3.63, 3.8) is 0 Å². The van der Waals surface area contributed by atoms with E-state index in [4.69, 9.17) is 0 Å². The number of rotatable bonds is 6. The highest BCUT2D eigenvalue weighted by Crippen LogP contribution is 2.22. The Balaban J connectivity index is 1.52. The summed E-state index contributed by atoms with van der Waals surface area (Å²) >= 11 is 1.55. The topological polar surface area (TPSA) is 58.1 Å². The molecule has 0 aliphatic carbocycles. The molecule has 0 spiro atoms. The number of carbonyl (C=O) groups excluding carboxylic acids is 1. The van der Waals surface area contributed by atoms with Crippen molar-refractivity contribution in [3.8, 4) is 10.7 Å². The highest BCUT2D eigenvalue weighted by molar-refractivity contribution is 7.13. The van der Waals surface area contributed by atoms with Gasteiger partial charge in [-0.05, 0) is 44.0 Å². The summed E-state index contributed by atoms with van der Waals surface area (Å²) in [5, 5.41) is 6.25. The van der Waals surface area contributed by atoms with Gasteiger partial charge in [-0.1, -0.05) is 13.0 Å². The van der Waals surface area contributed by atoms with E-state index in [2.05, 4.69) is 22.2 Å². The first-order valence-corrected chi connectivity index (χ1v) is 9.48. The minimum atomic E-state index is 0.190. The summed E-state index contributed by atoms with van der Waals surface area (Å²) in [6.07, 6.45) is 4.34. The molecule has 0 unspecified atom stereocenters. The average molecular weight is 344 g/mol. The van der Waals surface area contributed by atoms with E-state index in [0.717, 1.165) is 55.4 Å². The number of nitrogens with one attached hydrogen (secondary N) is 1. The molecular weight excluding hydrogens is 320 g/mol. The maximum atomic E-state index is 12.5. The largest absolute Gasteiger partial charge is 0.342 e. The maximum absolute atomic E-state index is 12.5. The molecular formula is C18H24N4OS. The van der Waals surface area contributed by atoms with E-state index >= 15 is 0 Å². The van der Waals surface area contributed by atoms with Gasteiger partial charge in [-0.15, -0.1) is 11.3 Å². The summed E-state index contributed by atoms with van der Waals surface area (Å²) in [5.74, 6) is 0.888. The number of nitrogens with zero attached hydrogens (tertiary/aromatic N) is 3. The van der Waals surface area contributed by atoms with Crippen LogP contribution in [-0.2, 0) is 11.2 Å². The number of thiazole rings is 1. The Morgan fingerprint density at radius 2 is 2.21 bits per heavy atom. The minimum Gasteiger partial charge on any atom is -0.342 e. The molecule has 0 bridgehead atoms. The monoisotopic (exact) mass is 344 g/mol. The van der Waals surface area contributed by atoms with E-state index in [1.807, 2.05) is 28.5 Å². The molecule has 1 aliphatic rings. The van der Waals surface area contributed by atoms with Crippen molar-refractivity contribution in [2.45, 2.75) is 26.2 Å². The van der Waals surface area contributed by atoms with Crippen LogP contribution in [0.3, 0.4) is 0 Å². The van der Waals surface area contributed by atoms with Crippen molar-refractivity contribution in [2.24, 2.45) is 5.92 Å². The van der Waals surface area contributed by atoms with Gasteiger partial charge in [-0.3, -0.25) is 9.78 Å². The van der Waals surface area contributed by atoms with Gasteiger partial charge in [0.1, 0.15) is 5.01 Å². The minimum absolute atomic E-state index is 0.190. The smallest absolute Gasteiger partial charge is 0.228 e. The van der Waals surface area contributed by atoms with Crippen LogP contribution in [0, 0.1) is 5.92 Å². The normalized spacial score (nSPS) is 15.6. The molecule has 1 N–H and O–H groups in total. The van der Waals surface area contributed by atoms with Crippen molar-refractivity contribution in [3.05, 3.63) is 35.5 Å². The van der Waals surface area contributed by atoms with Gasteiger partial charge >= 0.3 is 0 Å². The summed E-state index contributed by atoms with van der Waals surface area (Å²) in [6.45, 7) is 5.95. The molecule has 2 aromatic rings. The number of likely N-dealkylation sites (tertiary alicyclic amines) is 1. The second-order valence-corrected chi connectivity index (χ2v) is 7.03. The summed E-state index contributed by atoms with van der Waals surface area (Å²) in [7, 11) is 0. The lowest BCUT2D eigenvalue weighted by atomic mass is 9.96. The van der Waals surface area contributed by atoms with Gasteiger partial charge < -0.3 is 10.2 Å². The summed E-state index contributed by atoms with van der Waals surface area (Å²) in [4.78, 5) is 23.4. The van der Waals surface area contributed by atoms with Gasteiger partial charge in [0, 0.05) is 24.7 Å². The second kappa shape index (κ2) is 8.35. The zero-order valence-corrected chi connectivity index (χ0v) is 14.9. The van der Waals surface area contributed by atoms with Crippen LogP contribution >= 0.6 is 11.3 Å². The van der Waals surface area contributed by atoms with E-state index in [-0.39, 0.29) is 5.91 Å². The highest BCUT2D eigenvalue weighted by Gasteiger charge is 2.23. The van der Waals surface area contributed by atoms with E-state index in [9.17, 15) is 4.79 Å². The van der Waals surface area contributed by atoms with Crippen molar-refractivity contribution in [2.75, 3.05) is 26.2 Å². The number of carbonyl (C=O) groups is 1. The van der Waals surface area contributed by atoms with Crippen molar-refractivity contribution in [1.29, 1.82) is 0 Å². The second-order valence-electron chi connectivity index (χ2n) is 6.17. The van der Waals surface area contributed by atoms with Gasteiger partial charge in [-0.2, -0.15) is 0 Å². The number of hydrogen-bond acceptors (Lipinski definition) is 5. The molecule has 5 nitrogen and oxygen atoms in total. The Labute approximate surface area is 147 Å². The summed E-state index contributed by atoms with van der Waals surface area (Å²) in [6, 6.07) is 5.78. The first kappa shape index (κ1) is 17.0. The van der Waals surface area contributed by atoms with Crippen LogP contribution in [0.2, 0.25) is 0 Å². The lowest BCUT2D eigenvalue weighted by Crippen LogP contribution is -2.41. The van der Waals surface area contributed by atoms with Gasteiger partial charge in [-0.25, -0.2) is 4.98 Å². The maximum Gasteiger partial charge on any atom is 0.228 e. The molecule has 0 atom stereocenters. The molecule has 0 saturated carbocycles. The molecule has 1 aliphatic heterocycles. The lowest BCUT2D eigenvalue weighted by Gasteiger charge is -2.32. The number of hydrogen-bond donors (Lipinski definition) is 1. The van der Waals surface area contributed by atoms with Crippen LogP contribution in [0.1, 0.15) is 25.5 Å². The Hall–Kier alpha value is -1.79. The third-order valence-electron chi connectivity index (χ3n) is 4.42. The van der Waals surface area contributed by atoms with Crippen LogP contribution in [0.15, 0.2) is 29.8 Å². The predicted octanol–water partition coefficient (Wildman–Crippen LogP) is 2.60. The molecule has 2 aromatic heterocycles. The molecule has 0 radical (unpaired) electrons. The third-order valence-corrected chi connectivity index (χ3v) is 5.33. The molecule has 1 fully saturated rings. The Bertz CT molecular complexity index is 650. The summed E-state index contributed by atoms with van der Waals surface area (Å²) in [5.41, 5.74) is 1.71. The van der Waals surface area contributed by atoms with Gasteiger partial charge in [0.25, 0.3) is 0 Å². The van der Waals surface area contributed by atoms with Crippen molar-refractivity contribution >= 4 is 17.2 Å². The fourth-order valence-electron chi connectivity index (χ4n) is 3.00. The van der Waals surface area contributed by atoms with Crippen LogP contribution in [0.25, 0.3) is 10.7 Å². The fourth-order valence-corrected chi connectivity index (χ4v) is 3.79. The molecule has 3 rings (SSSR count). The molecule has 128 valence electrons. The standard InChI is InChI=1S/C18H24N4OS/c1-2-19-12-14-6-9-22(10-7-14)17(23)11-15-13-24-18(21-15)16-5-3-4-8-20-16/h3-5,8,13-14,19H,2,6-7,9-12H2,1H3. The number of piperidine rings is 1. The van der Waals surface area contributed by atoms with Gasteiger partial charge in [0.15, 0.2) is 0 Å². The zero-order chi connectivity index (χ0) is 16.8. The van der Waals surface area contributed by atoms with Gasteiger partial charge in [0.2, 0.25) is 5.91 Å². The SMILES string of the molecule is CCNCC1CCN(C(=O)Cc2csc(-c3ccccn3)n2)CC1. The van der Waals surface area contributed by atoms with Crippen LogP contribution in [-0.4, -0.2) is 47.0 Å². The Morgan fingerprint density at radius 1 is 1.38 bits per heavy atom. The van der Waals surface area contributed by atoms with E-state index < -0.39 is 0 Å². The fraction of sp³-hybridized carbons (Fsp3) is 0.500. The third kappa shape index (κ3) is 4.39. The van der Waals surface area contributed by atoms with Crippen LogP contribution in [0.4, 0.5) is 0 Å². The van der Waals surface area contributed by atoms with E-state index in [1.54, 1.807) is 17.5 Å². The van der Waals surface area contributed by atoms with E-state index in [1.165, 1.54) is 0 Å². The highest BCUT2D eigenvalue weighted by atomic mass is 32.1. The molecule has 1 amide bonds. The number of aromatic nitrogens is 2. The molecule has 6 heteroatoms. The lowest BCUT2D eigenvalue weighted by molar-refractivity contribution is -0.131. The first-order chi connectivity index (χ1) is 11.8. The van der Waals surface area contributed by atoms with E-state index in [0.29, 0.717) is 12.3 Å². The number of pyridine rings is 1. The van der Waals surface area contributed by atoms with Crippen molar-refractivity contribution < 1.29 is 4.79 Å². The number of amides is 1. The predicted molar refractivity (Wildman–Crippen MR) is 96.9 cm³/mol. The first-order valence-electron chi connectivity index (χ1n) is 8.60. The Morgan fingerprint density at radius 3 is 2.92 bits per heavy atom. The van der Waals surface area contributed by atoms with Crippen molar-refractivity contribution in [1.82, 2.24) is 20.2 Å². The van der Waals surface area contributed by atoms with Crippen LogP contribution in [0.5, 0.6) is 0 Å². The quantitative estimate of drug-likeness (QED) is 0.875. The molecule has 1 saturated heterocycles. The van der Waals surface area contributed by atoms with Gasteiger partial charge in [0.05, 0.1) is 17.8 Å².